The van der Waals surface area contributed by atoms with Gasteiger partial charge in [-0.3, -0.25) is 4.72 Å². The molecule has 4 N–H and O–H groups in total. The van der Waals surface area contributed by atoms with Gasteiger partial charge in [-0.1, -0.05) is 15.9 Å². The Morgan fingerprint density at radius 3 is 2.56 bits per heavy atom. The van der Waals surface area contributed by atoms with Crippen molar-refractivity contribution >= 4 is 43.6 Å². The fourth-order valence-corrected chi connectivity index (χ4v) is 2.71. The first-order valence-electron chi connectivity index (χ1n) is 4.69. The largest absolute Gasteiger partial charge is 0.452 e. The second-order valence-electron chi connectivity index (χ2n) is 3.39. The molecule has 0 aliphatic rings. The summed E-state index contributed by atoms with van der Waals surface area (Å²) in [6.07, 6.45) is -1.09. The molecule has 0 saturated carbocycles. The SMILES string of the molecule is COC(=O)NS(=O)(=O)Nc1c(C)cc(Br)cc1N. The lowest BCUT2D eigenvalue weighted by Gasteiger charge is -2.13. The number of amides is 1. The van der Waals surface area contributed by atoms with Crippen LogP contribution in [0.5, 0.6) is 0 Å². The lowest BCUT2D eigenvalue weighted by Crippen LogP contribution is -2.35. The zero-order valence-corrected chi connectivity index (χ0v) is 12.1. The lowest BCUT2D eigenvalue weighted by molar-refractivity contribution is 0.177. The van der Waals surface area contributed by atoms with E-state index >= 15 is 0 Å². The third-order valence-corrected chi connectivity index (χ3v) is 3.34. The highest BCUT2D eigenvalue weighted by atomic mass is 79.9. The van der Waals surface area contributed by atoms with Crippen LogP contribution in [0.1, 0.15) is 5.56 Å². The molecule has 0 unspecified atom stereocenters. The second-order valence-corrected chi connectivity index (χ2v) is 5.72. The highest BCUT2D eigenvalue weighted by molar-refractivity contribution is 9.10. The summed E-state index contributed by atoms with van der Waals surface area (Å²) in [6.45, 7) is 1.68. The molecular formula is C9H12BrN3O4S. The highest BCUT2D eigenvalue weighted by Gasteiger charge is 2.17. The molecule has 0 bridgehead atoms. The third-order valence-electron chi connectivity index (χ3n) is 1.97. The molecule has 0 aliphatic carbocycles. The topological polar surface area (TPSA) is 111 Å². The predicted octanol–water partition coefficient (Wildman–Crippen LogP) is 1.35. The maximum absolute atomic E-state index is 11.6. The van der Waals surface area contributed by atoms with E-state index in [4.69, 9.17) is 5.73 Å². The van der Waals surface area contributed by atoms with Crippen LogP contribution >= 0.6 is 15.9 Å². The van der Waals surface area contributed by atoms with Gasteiger partial charge in [-0.25, -0.2) is 9.52 Å². The van der Waals surface area contributed by atoms with E-state index in [1.54, 1.807) is 23.8 Å². The molecule has 1 aromatic rings. The summed E-state index contributed by atoms with van der Waals surface area (Å²) in [6, 6.07) is 3.23. The Kier molecular flexibility index (Phi) is 4.41. The van der Waals surface area contributed by atoms with Gasteiger partial charge < -0.3 is 10.5 Å². The second kappa shape index (κ2) is 5.44. The fraction of sp³-hybridized carbons (Fsp3) is 0.222. The van der Waals surface area contributed by atoms with Gasteiger partial charge in [0.15, 0.2) is 0 Å². The Bertz CT molecular complexity index is 550. The number of carbonyl (C=O) groups is 1. The van der Waals surface area contributed by atoms with Crippen molar-refractivity contribution < 1.29 is 17.9 Å². The van der Waals surface area contributed by atoms with Crippen LogP contribution in [0, 0.1) is 6.92 Å². The highest BCUT2D eigenvalue weighted by Crippen LogP contribution is 2.28. The summed E-state index contributed by atoms with van der Waals surface area (Å²) in [7, 11) is -3.01. The normalized spacial score (nSPS) is 10.8. The monoisotopic (exact) mass is 337 g/mol. The molecule has 0 aromatic heterocycles. The van der Waals surface area contributed by atoms with Crippen LogP contribution in [-0.4, -0.2) is 21.6 Å². The lowest BCUT2D eigenvalue weighted by atomic mass is 10.2. The Morgan fingerprint density at radius 2 is 2.06 bits per heavy atom. The minimum absolute atomic E-state index is 0.203. The summed E-state index contributed by atoms with van der Waals surface area (Å²) in [4.78, 5) is 10.9. The molecule has 100 valence electrons. The van der Waals surface area contributed by atoms with Crippen LogP contribution in [0.3, 0.4) is 0 Å². The molecule has 1 rings (SSSR count). The van der Waals surface area contributed by atoms with Gasteiger partial charge in [0.05, 0.1) is 18.5 Å². The zero-order valence-electron chi connectivity index (χ0n) is 9.65. The number of nitrogens with two attached hydrogens (primary N) is 1. The molecule has 0 atom stereocenters. The number of aryl methyl sites for hydroxylation is 1. The molecule has 0 spiro atoms. The molecule has 1 amide bonds. The number of anilines is 2. The molecule has 0 radical (unpaired) electrons. The smallest absolute Gasteiger partial charge is 0.422 e. The van der Waals surface area contributed by atoms with Crippen molar-refractivity contribution in [3.05, 3.63) is 22.2 Å². The molecule has 0 heterocycles. The molecule has 9 heteroatoms. The van der Waals surface area contributed by atoms with Gasteiger partial charge >= 0.3 is 16.3 Å². The third kappa shape index (κ3) is 3.77. The summed E-state index contributed by atoms with van der Waals surface area (Å²) in [5, 5.41) is 0. The van der Waals surface area contributed by atoms with E-state index in [9.17, 15) is 13.2 Å². The summed E-state index contributed by atoms with van der Waals surface area (Å²) in [5.74, 6) is 0. The summed E-state index contributed by atoms with van der Waals surface area (Å²) >= 11 is 3.23. The number of hydrogen-bond donors (Lipinski definition) is 3. The Labute approximate surface area is 113 Å². The number of halogens is 1. The molecule has 0 fully saturated rings. The van der Waals surface area contributed by atoms with Crippen molar-refractivity contribution in [3.63, 3.8) is 0 Å². The van der Waals surface area contributed by atoms with Crippen molar-refractivity contribution in [2.75, 3.05) is 17.6 Å². The van der Waals surface area contributed by atoms with E-state index in [1.165, 1.54) is 0 Å². The first-order chi connectivity index (χ1) is 8.25. The minimum atomic E-state index is -4.07. The number of rotatable bonds is 3. The molecule has 7 nitrogen and oxygen atoms in total. The average molecular weight is 338 g/mol. The van der Waals surface area contributed by atoms with Crippen LogP contribution in [0.4, 0.5) is 16.2 Å². The molecule has 18 heavy (non-hydrogen) atoms. The summed E-state index contributed by atoms with van der Waals surface area (Å²) < 4.78 is 31.9. The standard InChI is InChI=1S/C9H12BrN3O4S/c1-5-3-6(10)4-7(11)8(5)12-18(15,16)13-9(14)17-2/h3-4,12H,11H2,1-2H3,(H,13,14). The number of carbonyl (C=O) groups excluding carboxylic acids is 1. The number of hydrogen-bond acceptors (Lipinski definition) is 5. The first-order valence-corrected chi connectivity index (χ1v) is 6.97. The van der Waals surface area contributed by atoms with Crippen LogP contribution in [0.2, 0.25) is 0 Å². The maximum Gasteiger partial charge on any atom is 0.422 e. The number of nitrogens with one attached hydrogen (secondary N) is 2. The minimum Gasteiger partial charge on any atom is -0.452 e. The number of benzene rings is 1. The van der Waals surface area contributed by atoms with E-state index in [0.29, 0.717) is 5.56 Å². The van der Waals surface area contributed by atoms with Gasteiger partial charge in [0.25, 0.3) is 0 Å². The number of ether oxygens (including phenoxy) is 1. The van der Waals surface area contributed by atoms with Crippen LogP contribution in [0.15, 0.2) is 16.6 Å². The number of methoxy groups -OCH3 is 1. The zero-order chi connectivity index (χ0) is 13.9. The van der Waals surface area contributed by atoms with E-state index < -0.39 is 16.3 Å². The first kappa shape index (κ1) is 14.6. The predicted molar refractivity (Wildman–Crippen MR) is 71.4 cm³/mol. The van der Waals surface area contributed by atoms with Gasteiger partial charge in [-0.15, -0.1) is 0 Å². The van der Waals surface area contributed by atoms with Gasteiger partial charge in [0.2, 0.25) is 0 Å². The average Bonchev–Trinajstić information content (AvgIpc) is 2.22. The molecule has 0 aliphatic heterocycles. The molecule has 0 saturated heterocycles. The maximum atomic E-state index is 11.6. The van der Waals surface area contributed by atoms with Gasteiger partial charge in [-0.2, -0.15) is 8.42 Å². The number of nitrogen functional groups attached to an aromatic ring is 1. The van der Waals surface area contributed by atoms with E-state index in [2.05, 4.69) is 25.4 Å². The fourth-order valence-electron chi connectivity index (χ4n) is 1.22. The quantitative estimate of drug-likeness (QED) is 0.721. The Balaban J connectivity index is 3.01. The van der Waals surface area contributed by atoms with Gasteiger partial charge in [0.1, 0.15) is 0 Å². The van der Waals surface area contributed by atoms with Crippen molar-refractivity contribution in [2.24, 2.45) is 0 Å². The van der Waals surface area contributed by atoms with Crippen molar-refractivity contribution in [2.45, 2.75) is 6.92 Å². The van der Waals surface area contributed by atoms with Crippen LogP contribution in [-0.2, 0) is 14.9 Å². The van der Waals surface area contributed by atoms with Crippen molar-refractivity contribution in [1.82, 2.24) is 4.72 Å². The molecular weight excluding hydrogens is 326 g/mol. The Morgan fingerprint density at radius 1 is 1.44 bits per heavy atom. The van der Waals surface area contributed by atoms with Crippen LogP contribution in [0.25, 0.3) is 0 Å². The summed E-state index contributed by atoms with van der Waals surface area (Å²) in [5.41, 5.74) is 6.74. The Hall–Kier alpha value is -1.48. The van der Waals surface area contributed by atoms with Crippen LogP contribution < -0.4 is 15.2 Å². The molecule has 1 aromatic carbocycles. The van der Waals surface area contributed by atoms with E-state index in [-0.39, 0.29) is 11.4 Å². The van der Waals surface area contributed by atoms with E-state index in [1.807, 2.05) is 0 Å². The van der Waals surface area contributed by atoms with Crippen molar-refractivity contribution in [1.29, 1.82) is 0 Å². The van der Waals surface area contributed by atoms with E-state index in [0.717, 1.165) is 11.6 Å². The van der Waals surface area contributed by atoms with Crippen molar-refractivity contribution in [3.8, 4) is 0 Å². The van der Waals surface area contributed by atoms with Gasteiger partial charge in [0, 0.05) is 4.47 Å². The van der Waals surface area contributed by atoms with Gasteiger partial charge in [-0.05, 0) is 24.6 Å².